The molecule has 1 atom stereocenters. The monoisotopic (exact) mass is 505 g/mol. The van der Waals surface area contributed by atoms with E-state index < -0.39 is 11.9 Å². The number of hydrogen-bond acceptors (Lipinski definition) is 7. The smallest absolute Gasteiger partial charge is 0.267 e. The highest BCUT2D eigenvalue weighted by Gasteiger charge is 2.42. The highest BCUT2D eigenvalue weighted by molar-refractivity contribution is 6.01. The number of rotatable bonds is 7. The van der Waals surface area contributed by atoms with Crippen LogP contribution in [0.1, 0.15) is 60.0 Å². The van der Waals surface area contributed by atoms with Crippen molar-refractivity contribution in [2.45, 2.75) is 56.8 Å². The van der Waals surface area contributed by atoms with Gasteiger partial charge in [-0.1, -0.05) is 18.2 Å². The van der Waals surface area contributed by atoms with Gasteiger partial charge in [-0.15, -0.1) is 0 Å². The summed E-state index contributed by atoms with van der Waals surface area (Å²) in [6, 6.07) is 13.5. The number of ether oxygens (including phenoxy) is 2. The fourth-order valence-electron chi connectivity index (χ4n) is 5.18. The first-order chi connectivity index (χ1) is 18.0. The average Bonchev–Trinajstić information content (AvgIpc) is 2.92. The summed E-state index contributed by atoms with van der Waals surface area (Å²) < 4.78 is 11.9. The molecule has 8 heteroatoms. The molecule has 0 aliphatic carbocycles. The molecule has 2 aromatic rings. The molecule has 3 heterocycles. The van der Waals surface area contributed by atoms with Gasteiger partial charge >= 0.3 is 0 Å². The van der Waals surface area contributed by atoms with Crippen molar-refractivity contribution < 1.29 is 23.9 Å². The van der Waals surface area contributed by atoms with Gasteiger partial charge in [0.05, 0.1) is 12.0 Å². The molecule has 1 unspecified atom stereocenters. The molecular weight excluding hydrogens is 470 g/mol. The van der Waals surface area contributed by atoms with Crippen molar-refractivity contribution in [3.63, 3.8) is 0 Å². The minimum atomic E-state index is -0.433. The number of amides is 1. The van der Waals surface area contributed by atoms with Crippen LogP contribution in [0.5, 0.6) is 5.75 Å². The van der Waals surface area contributed by atoms with Crippen LogP contribution in [0.15, 0.2) is 48.5 Å². The molecule has 37 heavy (non-hydrogen) atoms. The lowest BCUT2D eigenvalue weighted by Gasteiger charge is -2.44. The molecule has 2 aromatic carbocycles. The van der Waals surface area contributed by atoms with Gasteiger partial charge in [0.2, 0.25) is 0 Å². The molecule has 196 valence electrons. The molecule has 3 aliphatic heterocycles. The zero-order valence-electron chi connectivity index (χ0n) is 21.1. The van der Waals surface area contributed by atoms with Gasteiger partial charge in [-0.05, 0) is 60.7 Å². The molecule has 1 spiro atoms. The van der Waals surface area contributed by atoms with E-state index in [0.29, 0.717) is 24.3 Å². The lowest BCUT2D eigenvalue weighted by atomic mass is 9.82. The molecule has 0 aromatic heterocycles. The number of hydroxylamine groups is 1. The standard InChI is InChI=1S/C29H35N3O5/c30-23-8-4-21(5-9-23)12-15-32-16-13-29(14-17-32)20-25(33)24-19-22(6-10-26(24)36-29)7-11-27(34)31-37-28-3-1-2-18-35-28/h4-11,19,28H,1-3,12-18,20,30H2,(H,31,34)/b11-7+. The summed E-state index contributed by atoms with van der Waals surface area (Å²) in [6.07, 6.45) is 8.47. The fourth-order valence-corrected chi connectivity index (χ4v) is 5.18. The van der Waals surface area contributed by atoms with E-state index >= 15 is 0 Å². The minimum Gasteiger partial charge on any atom is -0.486 e. The third-order valence-electron chi connectivity index (χ3n) is 7.43. The van der Waals surface area contributed by atoms with E-state index in [1.165, 1.54) is 11.6 Å². The molecule has 1 amide bonds. The normalized spacial score (nSPS) is 21.5. The zero-order valence-corrected chi connectivity index (χ0v) is 21.1. The summed E-state index contributed by atoms with van der Waals surface area (Å²) in [6.45, 7) is 3.43. The Morgan fingerprint density at radius 2 is 1.97 bits per heavy atom. The number of anilines is 1. The van der Waals surface area contributed by atoms with Gasteiger partial charge in [-0.2, -0.15) is 0 Å². The van der Waals surface area contributed by atoms with Crippen LogP contribution in [-0.4, -0.2) is 54.7 Å². The number of carbonyl (C=O) groups is 2. The van der Waals surface area contributed by atoms with Crippen LogP contribution < -0.4 is 16.0 Å². The molecule has 0 radical (unpaired) electrons. The Kier molecular flexibility index (Phi) is 7.88. The second-order valence-corrected chi connectivity index (χ2v) is 10.2. The average molecular weight is 506 g/mol. The number of likely N-dealkylation sites (tertiary alicyclic amines) is 1. The molecule has 8 nitrogen and oxygen atoms in total. The second-order valence-electron chi connectivity index (χ2n) is 10.2. The third-order valence-corrected chi connectivity index (χ3v) is 7.43. The summed E-state index contributed by atoms with van der Waals surface area (Å²) >= 11 is 0. The molecular formula is C29H35N3O5. The molecule has 2 fully saturated rings. The number of nitrogens with zero attached hydrogens (tertiary/aromatic N) is 1. The van der Waals surface area contributed by atoms with E-state index in [1.54, 1.807) is 12.1 Å². The van der Waals surface area contributed by atoms with Crippen molar-refractivity contribution in [2.24, 2.45) is 0 Å². The van der Waals surface area contributed by atoms with Gasteiger partial charge in [-0.3, -0.25) is 9.59 Å². The Hall–Kier alpha value is -3.20. The van der Waals surface area contributed by atoms with Gasteiger partial charge in [0.15, 0.2) is 12.1 Å². The maximum Gasteiger partial charge on any atom is 0.267 e. The number of Topliss-reactive ketones (excluding diaryl/α,β-unsaturated/α-hetero) is 1. The maximum atomic E-state index is 13.1. The second kappa shape index (κ2) is 11.5. The number of piperidine rings is 1. The Morgan fingerprint density at radius 1 is 1.16 bits per heavy atom. The maximum absolute atomic E-state index is 13.1. The molecule has 3 aliphatic rings. The molecule has 2 saturated heterocycles. The van der Waals surface area contributed by atoms with Crippen LogP contribution in [-0.2, 0) is 20.8 Å². The van der Waals surface area contributed by atoms with Gasteiger partial charge in [0.1, 0.15) is 11.4 Å². The predicted molar refractivity (Wildman–Crippen MR) is 141 cm³/mol. The Bertz CT molecular complexity index is 1130. The van der Waals surface area contributed by atoms with Crippen molar-refractivity contribution in [1.29, 1.82) is 0 Å². The van der Waals surface area contributed by atoms with Crippen LogP contribution >= 0.6 is 0 Å². The predicted octanol–water partition coefficient (Wildman–Crippen LogP) is 3.90. The first-order valence-corrected chi connectivity index (χ1v) is 13.2. The number of nitrogens with one attached hydrogen (secondary N) is 1. The number of benzene rings is 2. The SMILES string of the molecule is Nc1ccc(CCN2CCC3(CC2)CC(=O)c2cc(/C=C/C(=O)NOC4CCCCO4)ccc2O3)cc1. The van der Waals surface area contributed by atoms with Crippen LogP contribution in [0.2, 0.25) is 0 Å². The Morgan fingerprint density at radius 3 is 2.73 bits per heavy atom. The number of nitrogens with two attached hydrogens (primary N) is 1. The number of nitrogen functional groups attached to an aromatic ring is 1. The minimum absolute atomic E-state index is 0.0917. The molecule has 0 saturated carbocycles. The first kappa shape index (κ1) is 25.4. The number of carbonyl (C=O) groups excluding carboxylic acids is 2. The zero-order chi connectivity index (χ0) is 25.7. The third kappa shape index (κ3) is 6.57. The van der Waals surface area contributed by atoms with Crippen molar-refractivity contribution in [3.05, 3.63) is 65.2 Å². The Labute approximate surface area is 217 Å². The number of hydrogen-bond donors (Lipinski definition) is 2. The van der Waals surface area contributed by atoms with Gasteiger partial charge in [-0.25, -0.2) is 10.3 Å². The summed E-state index contributed by atoms with van der Waals surface area (Å²) in [5.41, 5.74) is 11.1. The van der Waals surface area contributed by atoms with Crippen molar-refractivity contribution in [2.75, 3.05) is 32.0 Å². The highest BCUT2D eigenvalue weighted by atomic mass is 16.8. The van der Waals surface area contributed by atoms with E-state index in [4.69, 9.17) is 20.0 Å². The largest absolute Gasteiger partial charge is 0.486 e. The van der Waals surface area contributed by atoms with Crippen molar-refractivity contribution >= 4 is 23.5 Å². The van der Waals surface area contributed by atoms with E-state index in [1.807, 2.05) is 24.3 Å². The van der Waals surface area contributed by atoms with E-state index in [-0.39, 0.29) is 11.7 Å². The highest BCUT2D eigenvalue weighted by Crippen LogP contribution is 2.39. The topological polar surface area (TPSA) is 103 Å². The fraction of sp³-hybridized carbons (Fsp3) is 0.448. The van der Waals surface area contributed by atoms with Gasteiger partial charge in [0, 0.05) is 57.3 Å². The van der Waals surface area contributed by atoms with Crippen molar-refractivity contribution in [3.8, 4) is 5.75 Å². The summed E-state index contributed by atoms with van der Waals surface area (Å²) in [4.78, 5) is 32.9. The van der Waals surface area contributed by atoms with Crippen molar-refractivity contribution in [1.82, 2.24) is 10.4 Å². The number of ketones is 1. The lowest BCUT2D eigenvalue weighted by Crippen LogP contribution is -2.51. The summed E-state index contributed by atoms with van der Waals surface area (Å²) in [7, 11) is 0. The van der Waals surface area contributed by atoms with Gasteiger partial charge in [0.25, 0.3) is 5.91 Å². The van der Waals surface area contributed by atoms with Crippen LogP contribution in [0.4, 0.5) is 5.69 Å². The molecule has 3 N–H and O–H groups in total. The lowest BCUT2D eigenvalue weighted by molar-refractivity contribution is -0.198. The molecule has 5 rings (SSSR count). The first-order valence-electron chi connectivity index (χ1n) is 13.2. The van der Waals surface area contributed by atoms with Crippen LogP contribution in [0.3, 0.4) is 0 Å². The van der Waals surface area contributed by atoms with E-state index in [0.717, 1.165) is 69.4 Å². The Balaban J connectivity index is 1.13. The summed E-state index contributed by atoms with van der Waals surface area (Å²) in [5, 5.41) is 0. The summed E-state index contributed by atoms with van der Waals surface area (Å²) in [5.74, 6) is 0.344. The number of fused-ring (bicyclic) bond motifs is 1. The van der Waals surface area contributed by atoms with Crippen LogP contribution in [0, 0.1) is 0 Å². The quantitative estimate of drug-likeness (QED) is 0.334. The van der Waals surface area contributed by atoms with Crippen LogP contribution in [0.25, 0.3) is 6.08 Å². The van der Waals surface area contributed by atoms with E-state index in [9.17, 15) is 9.59 Å². The molecule has 0 bridgehead atoms. The van der Waals surface area contributed by atoms with Gasteiger partial charge < -0.3 is 20.1 Å². The van der Waals surface area contributed by atoms with E-state index in [2.05, 4.69) is 22.5 Å².